The maximum Gasteiger partial charge on any atom is 0.238 e. The summed E-state index contributed by atoms with van der Waals surface area (Å²) in [6, 6.07) is 20.6. The third-order valence-corrected chi connectivity index (χ3v) is 5.81. The van der Waals surface area contributed by atoms with Crippen LogP contribution >= 0.6 is 11.8 Å². The molecular weight excluding hydrogens is 314 g/mol. The molecule has 0 heterocycles. The Bertz CT molecular complexity index is 621. The number of carbonyl (C=O) groups is 1. The van der Waals surface area contributed by atoms with Gasteiger partial charge in [0, 0.05) is 10.9 Å². The minimum Gasteiger partial charge on any atom is -0.352 e. The van der Waals surface area contributed by atoms with Crippen LogP contribution in [-0.4, -0.2) is 11.9 Å². The van der Waals surface area contributed by atoms with Gasteiger partial charge in [0.05, 0.1) is 0 Å². The molecule has 0 aliphatic heterocycles. The Morgan fingerprint density at radius 1 is 0.875 bits per heavy atom. The molecule has 1 aliphatic carbocycles. The number of benzene rings is 2. The fraction of sp³-hybridized carbons (Fsp3) is 0.381. The van der Waals surface area contributed by atoms with E-state index in [1.54, 1.807) is 11.8 Å². The van der Waals surface area contributed by atoms with Gasteiger partial charge in [-0.05, 0) is 30.5 Å². The Morgan fingerprint density at radius 3 is 2.08 bits per heavy atom. The first-order valence-corrected chi connectivity index (χ1v) is 9.78. The molecule has 24 heavy (non-hydrogen) atoms. The standard InChI is InChI=1S/C21H25NOS/c23-21(22-18-13-7-1-2-8-14-18)20(17-11-5-3-6-12-17)24-19-15-9-4-10-16-19/h3-6,9-12,15-16,18,20H,1-2,7-8,13-14H2,(H,22,23). The monoisotopic (exact) mass is 339 g/mol. The maximum atomic E-state index is 13.0. The lowest BCUT2D eigenvalue weighted by atomic mass is 10.1. The van der Waals surface area contributed by atoms with Crippen LogP contribution in [0.3, 0.4) is 0 Å². The van der Waals surface area contributed by atoms with Gasteiger partial charge in [0.1, 0.15) is 5.25 Å². The summed E-state index contributed by atoms with van der Waals surface area (Å²) in [5.74, 6) is 0.141. The molecule has 1 fully saturated rings. The number of thioether (sulfide) groups is 1. The Balaban J connectivity index is 1.74. The fourth-order valence-electron chi connectivity index (χ4n) is 3.24. The van der Waals surface area contributed by atoms with Gasteiger partial charge in [-0.1, -0.05) is 74.2 Å². The molecule has 1 unspecified atom stereocenters. The van der Waals surface area contributed by atoms with E-state index < -0.39 is 0 Å². The second kappa shape index (κ2) is 8.93. The highest BCUT2D eigenvalue weighted by Crippen LogP contribution is 2.35. The molecule has 0 radical (unpaired) electrons. The number of hydrogen-bond donors (Lipinski definition) is 1. The van der Waals surface area contributed by atoms with Crippen molar-refractivity contribution in [1.82, 2.24) is 5.32 Å². The number of hydrogen-bond acceptors (Lipinski definition) is 2. The molecule has 2 aromatic rings. The maximum absolute atomic E-state index is 13.0. The Kier molecular flexibility index (Phi) is 6.36. The summed E-state index contributed by atoms with van der Waals surface area (Å²) in [6.45, 7) is 0. The van der Waals surface area contributed by atoms with Crippen molar-refractivity contribution in [3.8, 4) is 0 Å². The van der Waals surface area contributed by atoms with Gasteiger partial charge in [-0.15, -0.1) is 11.8 Å². The van der Waals surface area contributed by atoms with Gasteiger partial charge in [0.2, 0.25) is 5.91 Å². The van der Waals surface area contributed by atoms with E-state index in [4.69, 9.17) is 0 Å². The highest BCUT2D eigenvalue weighted by atomic mass is 32.2. The van der Waals surface area contributed by atoms with Gasteiger partial charge in [-0.2, -0.15) is 0 Å². The lowest BCUT2D eigenvalue weighted by molar-refractivity contribution is -0.121. The van der Waals surface area contributed by atoms with Crippen molar-refractivity contribution in [3.63, 3.8) is 0 Å². The number of nitrogens with one attached hydrogen (secondary N) is 1. The predicted molar refractivity (Wildman–Crippen MR) is 101 cm³/mol. The molecule has 0 saturated heterocycles. The van der Waals surface area contributed by atoms with E-state index in [2.05, 4.69) is 17.4 Å². The van der Waals surface area contributed by atoms with E-state index in [-0.39, 0.29) is 11.2 Å². The first-order chi connectivity index (χ1) is 11.8. The van der Waals surface area contributed by atoms with Gasteiger partial charge in [0.15, 0.2) is 0 Å². The summed E-state index contributed by atoms with van der Waals surface area (Å²) in [5, 5.41) is 3.12. The van der Waals surface area contributed by atoms with E-state index >= 15 is 0 Å². The molecule has 1 amide bonds. The fourth-order valence-corrected chi connectivity index (χ4v) is 4.29. The number of amides is 1. The molecule has 2 aromatic carbocycles. The van der Waals surface area contributed by atoms with Crippen LogP contribution in [0.1, 0.15) is 49.3 Å². The van der Waals surface area contributed by atoms with Crippen molar-refractivity contribution in [2.45, 2.75) is 54.7 Å². The molecule has 3 heteroatoms. The van der Waals surface area contributed by atoms with Gasteiger partial charge < -0.3 is 5.32 Å². The van der Waals surface area contributed by atoms with Crippen LogP contribution in [0.4, 0.5) is 0 Å². The molecule has 2 nitrogen and oxygen atoms in total. The predicted octanol–water partition coefficient (Wildman–Crippen LogP) is 5.36. The van der Waals surface area contributed by atoms with Gasteiger partial charge in [-0.25, -0.2) is 0 Å². The highest BCUT2D eigenvalue weighted by molar-refractivity contribution is 8.00. The molecule has 126 valence electrons. The summed E-state index contributed by atoms with van der Waals surface area (Å²) in [7, 11) is 0. The quantitative estimate of drug-likeness (QED) is 0.587. The van der Waals surface area contributed by atoms with Gasteiger partial charge in [0.25, 0.3) is 0 Å². The van der Waals surface area contributed by atoms with Gasteiger partial charge >= 0.3 is 0 Å². The lowest BCUT2D eigenvalue weighted by Gasteiger charge is -2.22. The minimum absolute atomic E-state index is 0.141. The molecule has 1 atom stereocenters. The van der Waals surface area contributed by atoms with Crippen LogP contribution < -0.4 is 5.32 Å². The normalized spacial score (nSPS) is 17.0. The van der Waals surface area contributed by atoms with Crippen LogP contribution in [0.2, 0.25) is 0 Å². The summed E-state index contributed by atoms with van der Waals surface area (Å²) in [5.41, 5.74) is 1.07. The van der Waals surface area contributed by atoms with E-state index in [1.807, 2.05) is 48.5 Å². The number of carbonyl (C=O) groups excluding carboxylic acids is 1. The van der Waals surface area contributed by atoms with Crippen molar-refractivity contribution in [1.29, 1.82) is 0 Å². The second-order valence-corrected chi connectivity index (χ2v) is 7.60. The van der Waals surface area contributed by atoms with E-state index in [9.17, 15) is 4.79 Å². The smallest absolute Gasteiger partial charge is 0.238 e. The summed E-state index contributed by atoms with van der Waals surface area (Å²) < 4.78 is 0. The Labute approximate surface area is 149 Å². The molecule has 0 aromatic heterocycles. The third kappa shape index (κ3) is 4.88. The third-order valence-electron chi connectivity index (χ3n) is 4.54. The van der Waals surface area contributed by atoms with Crippen LogP contribution in [0.25, 0.3) is 0 Å². The second-order valence-electron chi connectivity index (χ2n) is 6.42. The topological polar surface area (TPSA) is 29.1 Å². The van der Waals surface area contributed by atoms with Crippen molar-refractivity contribution in [3.05, 3.63) is 66.2 Å². The molecular formula is C21H25NOS. The SMILES string of the molecule is O=C(NC1CCCCCC1)C(Sc1ccccc1)c1ccccc1. The summed E-state index contributed by atoms with van der Waals surface area (Å²) in [6.07, 6.45) is 7.28. The molecule has 0 spiro atoms. The van der Waals surface area contributed by atoms with Crippen LogP contribution in [-0.2, 0) is 4.79 Å². The van der Waals surface area contributed by atoms with Crippen molar-refractivity contribution < 1.29 is 4.79 Å². The van der Waals surface area contributed by atoms with Crippen molar-refractivity contribution in [2.75, 3.05) is 0 Å². The average molecular weight is 340 g/mol. The molecule has 1 aliphatic rings. The van der Waals surface area contributed by atoms with Gasteiger partial charge in [-0.3, -0.25) is 4.79 Å². The van der Waals surface area contributed by atoms with E-state index in [0.29, 0.717) is 6.04 Å². The first kappa shape index (κ1) is 17.1. The van der Waals surface area contributed by atoms with Crippen LogP contribution in [0.15, 0.2) is 65.6 Å². The zero-order chi connectivity index (χ0) is 16.6. The summed E-state index contributed by atoms with van der Waals surface area (Å²) >= 11 is 1.63. The van der Waals surface area contributed by atoms with Crippen LogP contribution in [0, 0.1) is 0 Å². The zero-order valence-electron chi connectivity index (χ0n) is 14.0. The Hall–Kier alpha value is -1.74. The summed E-state index contributed by atoms with van der Waals surface area (Å²) in [4.78, 5) is 14.1. The molecule has 1 N–H and O–H groups in total. The van der Waals surface area contributed by atoms with Crippen molar-refractivity contribution >= 4 is 17.7 Å². The zero-order valence-corrected chi connectivity index (χ0v) is 14.8. The highest BCUT2D eigenvalue weighted by Gasteiger charge is 2.24. The van der Waals surface area contributed by atoms with Crippen LogP contribution in [0.5, 0.6) is 0 Å². The largest absolute Gasteiger partial charge is 0.352 e. The minimum atomic E-state index is -0.197. The first-order valence-electron chi connectivity index (χ1n) is 8.90. The average Bonchev–Trinajstić information content (AvgIpc) is 2.90. The molecule has 1 saturated carbocycles. The molecule has 3 rings (SSSR count). The lowest BCUT2D eigenvalue weighted by Crippen LogP contribution is -2.37. The van der Waals surface area contributed by atoms with Crippen molar-refractivity contribution in [2.24, 2.45) is 0 Å². The molecule has 0 bridgehead atoms. The number of rotatable bonds is 5. The van der Waals surface area contributed by atoms with E-state index in [1.165, 1.54) is 25.7 Å². The Morgan fingerprint density at radius 2 is 1.46 bits per heavy atom. The van der Waals surface area contributed by atoms with E-state index in [0.717, 1.165) is 23.3 Å².